The standard InChI is InChI=1S/C28H24O12/c1-38-28(37)25(14-17-3-7-19(30)21(32)12-17)39-23-8-4-15(10-22(23)33)5-9-26(34)40-24(27(35)36)13-16-2-6-18(29)20(31)11-16/h2-12,14,24,29-33H,13H2,1H3,(H,35,36). The van der Waals surface area contributed by atoms with E-state index >= 15 is 0 Å². The molecule has 0 aliphatic heterocycles. The van der Waals surface area contributed by atoms with Crippen LogP contribution in [0.5, 0.6) is 34.5 Å². The number of phenolic OH excluding ortho intramolecular Hbond substituents is 5. The fraction of sp³-hybridized carbons (Fsp3) is 0.107. The van der Waals surface area contributed by atoms with Gasteiger partial charge in [-0.3, -0.25) is 0 Å². The van der Waals surface area contributed by atoms with Crippen LogP contribution >= 0.6 is 0 Å². The second-order valence-electron chi connectivity index (χ2n) is 8.20. The van der Waals surface area contributed by atoms with Gasteiger partial charge in [0.05, 0.1) is 7.11 Å². The van der Waals surface area contributed by atoms with E-state index in [0.717, 1.165) is 19.3 Å². The van der Waals surface area contributed by atoms with Crippen molar-refractivity contribution >= 4 is 30.1 Å². The highest BCUT2D eigenvalue weighted by molar-refractivity contribution is 5.92. The Labute approximate surface area is 226 Å². The minimum absolute atomic E-state index is 0.150. The Hall–Kier alpha value is -5.65. The number of phenols is 5. The molecular weight excluding hydrogens is 528 g/mol. The first-order valence-corrected chi connectivity index (χ1v) is 11.4. The highest BCUT2D eigenvalue weighted by Gasteiger charge is 2.22. The third-order valence-corrected chi connectivity index (χ3v) is 5.29. The number of rotatable bonds is 10. The van der Waals surface area contributed by atoms with Crippen molar-refractivity contribution in [3.63, 3.8) is 0 Å². The van der Waals surface area contributed by atoms with Crippen molar-refractivity contribution in [2.75, 3.05) is 7.11 Å². The molecule has 12 nitrogen and oxygen atoms in total. The quantitative estimate of drug-likeness (QED) is 0.0931. The normalized spacial score (nSPS) is 12.1. The molecule has 6 N–H and O–H groups in total. The summed E-state index contributed by atoms with van der Waals surface area (Å²) in [5, 5.41) is 57.8. The van der Waals surface area contributed by atoms with Gasteiger partial charge in [-0.1, -0.05) is 18.2 Å². The van der Waals surface area contributed by atoms with E-state index in [-0.39, 0.29) is 35.0 Å². The van der Waals surface area contributed by atoms with Gasteiger partial charge in [-0.25, -0.2) is 14.4 Å². The lowest BCUT2D eigenvalue weighted by atomic mass is 10.1. The number of benzene rings is 3. The maximum absolute atomic E-state index is 12.2. The molecule has 0 aliphatic rings. The van der Waals surface area contributed by atoms with Crippen molar-refractivity contribution < 1.29 is 59.2 Å². The summed E-state index contributed by atoms with van der Waals surface area (Å²) in [7, 11) is 1.12. The highest BCUT2D eigenvalue weighted by Crippen LogP contribution is 2.31. The monoisotopic (exact) mass is 552 g/mol. The number of carboxylic acids is 1. The van der Waals surface area contributed by atoms with Gasteiger partial charge in [-0.15, -0.1) is 0 Å². The van der Waals surface area contributed by atoms with Gasteiger partial charge in [-0.2, -0.15) is 0 Å². The van der Waals surface area contributed by atoms with E-state index in [1.807, 2.05) is 0 Å². The van der Waals surface area contributed by atoms with Crippen molar-refractivity contribution in [1.29, 1.82) is 0 Å². The van der Waals surface area contributed by atoms with Gasteiger partial charge in [-0.05, 0) is 65.2 Å². The molecule has 0 aromatic heterocycles. The van der Waals surface area contributed by atoms with E-state index in [4.69, 9.17) is 9.47 Å². The summed E-state index contributed by atoms with van der Waals surface area (Å²) in [5.41, 5.74) is 0.891. The summed E-state index contributed by atoms with van der Waals surface area (Å²) < 4.78 is 15.1. The van der Waals surface area contributed by atoms with Crippen molar-refractivity contribution in [1.82, 2.24) is 0 Å². The molecule has 0 aliphatic carbocycles. The molecule has 1 unspecified atom stereocenters. The Morgan fingerprint density at radius 1 is 0.800 bits per heavy atom. The van der Waals surface area contributed by atoms with Crippen molar-refractivity contribution in [2.45, 2.75) is 12.5 Å². The lowest BCUT2D eigenvalue weighted by Crippen LogP contribution is -2.28. The van der Waals surface area contributed by atoms with Crippen LogP contribution in [-0.2, 0) is 30.3 Å². The minimum Gasteiger partial charge on any atom is -0.504 e. The summed E-state index contributed by atoms with van der Waals surface area (Å²) >= 11 is 0. The first-order valence-electron chi connectivity index (χ1n) is 11.4. The summed E-state index contributed by atoms with van der Waals surface area (Å²) in [6, 6.07) is 11.4. The number of hydrogen-bond acceptors (Lipinski definition) is 11. The van der Waals surface area contributed by atoms with Crippen LogP contribution in [0, 0.1) is 0 Å². The van der Waals surface area contributed by atoms with E-state index in [0.29, 0.717) is 11.1 Å². The topological polar surface area (TPSA) is 200 Å². The average molecular weight is 552 g/mol. The first-order chi connectivity index (χ1) is 19.0. The Morgan fingerprint density at radius 3 is 2.02 bits per heavy atom. The molecular formula is C28H24O12. The Kier molecular flexibility index (Phi) is 9.21. The zero-order chi connectivity index (χ0) is 29.4. The fourth-order valence-corrected chi connectivity index (χ4v) is 3.29. The number of esters is 2. The second-order valence-corrected chi connectivity index (χ2v) is 8.20. The van der Waals surface area contributed by atoms with E-state index in [1.165, 1.54) is 60.7 Å². The van der Waals surface area contributed by atoms with E-state index in [1.54, 1.807) is 0 Å². The molecule has 1 atom stereocenters. The van der Waals surface area contributed by atoms with Crippen LogP contribution in [-0.4, -0.2) is 61.8 Å². The molecule has 0 radical (unpaired) electrons. The number of carbonyl (C=O) groups excluding carboxylic acids is 2. The zero-order valence-electron chi connectivity index (χ0n) is 20.8. The lowest BCUT2D eigenvalue weighted by molar-refractivity contribution is -0.160. The lowest BCUT2D eigenvalue weighted by Gasteiger charge is -2.13. The maximum atomic E-state index is 12.2. The summed E-state index contributed by atoms with van der Waals surface area (Å²) in [5.74, 6) is -5.86. The van der Waals surface area contributed by atoms with Gasteiger partial charge >= 0.3 is 17.9 Å². The predicted octanol–water partition coefficient (Wildman–Crippen LogP) is 3.06. The number of methoxy groups -OCH3 is 1. The number of aliphatic carboxylic acids is 1. The van der Waals surface area contributed by atoms with Crippen LogP contribution in [0.4, 0.5) is 0 Å². The SMILES string of the molecule is COC(=O)C(=Cc1ccc(O)c(O)c1)Oc1ccc(C=CC(=O)OC(Cc2ccc(O)c(O)c2)C(=O)O)cc1O. The van der Waals surface area contributed by atoms with E-state index in [9.17, 15) is 45.0 Å². The molecule has 208 valence electrons. The Balaban J connectivity index is 1.71. The molecule has 40 heavy (non-hydrogen) atoms. The molecule has 3 aromatic carbocycles. The highest BCUT2D eigenvalue weighted by atomic mass is 16.6. The average Bonchev–Trinajstić information content (AvgIpc) is 2.91. The summed E-state index contributed by atoms with van der Waals surface area (Å²) in [6.07, 6.45) is 1.55. The van der Waals surface area contributed by atoms with Crippen LogP contribution in [0.1, 0.15) is 16.7 Å². The Morgan fingerprint density at radius 2 is 1.43 bits per heavy atom. The van der Waals surface area contributed by atoms with Gasteiger partial charge in [0.25, 0.3) is 0 Å². The molecule has 0 saturated carbocycles. The van der Waals surface area contributed by atoms with Crippen LogP contribution in [0.25, 0.3) is 12.2 Å². The largest absolute Gasteiger partial charge is 0.504 e. The van der Waals surface area contributed by atoms with Gasteiger partial charge in [0.1, 0.15) is 0 Å². The number of hydrogen-bond donors (Lipinski definition) is 6. The maximum Gasteiger partial charge on any atom is 0.373 e. The van der Waals surface area contributed by atoms with Crippen molar-refractivity contribution in [2.24, 2.45) is 0 Å². The van der Waals surface area contributed by atoms with Crippen LogP contribution in [0.15, 0.2) is 66.4 Å². The van der Waals surface area contributed by atoms with Crippen LogP contribution in [0.3, 0.4) is 0 Å². The van der Waals surface area contributed by atoms with E-state index < -0.39 is 41.3 Å². The van der Waals surface area contributed by atoms with Gasteiger partial charge in [0, 0.05) is 12.5 Å². The smallest absolute Gasteiger partial charge is 0.373 e. The van der Waals surface area contributed by atoms with Gasteiger partial charge < -0.3 is 44.8 Å². The number of carbonyl (C=O) groups is 3. The minimum atomic E-state index is -1.58. The fourth-order valence-electron chi connectivity index (χ4n) is 3.29. The summed E-state index contributed by atoms with van der Waals surface area (Å²) in [6.45, 7) is 0. The number of carboxylic acid groups (broad SMARTS) is 1. The predicted molar refractivity (Wildman–Crippen MR) is 139 cm³/mol. The first kappa shape index (κ1) is 28.9. The molecule has 3 aromatic rings. The zero-order valence-corrected chi connectivity index (χ0v) is 20.8. The molecule has 12 heteroatoms. The van der Waals surface area contributed by atoms with Crippen molar-refractivity contribution in [3.8, 4) is 34.5 Å². The van der Waals surface area contributed by atoms with Crippen LogP contribution in [0.2, 0.25) is 0 Å². The molecule has 0 amide bonds. The molecule has 0 spiro atoms. The third kappa shape index (κ3) is 7.68. The van der Waals surface area contributed by atoms with E-state index in [2.05, 4.69) is 4.74 Å². The molecule has 3 rings (SSSR count). The second kappa shape index (κ2) is 12.7. The molecule has 0 bridgehead atoms. The number of ether oxygens (including phenoxy) is 3. The molecule has 0 heterocycles. The van der Waals surface area contributed by atoms with Gasteiger partial charge in [0.2, 0.25) is 11.9 Å². The van der Waals surface area contributed by atoms with Crippen molar-refractivity contribution in [3.05, 3.63) is 83.1 Å². The third-order valence-electron chi connectivity index (χ3n) is 5.29. The number of aromatic hydroxyl groups is 5. The Bertz CT molecular complexity index is 1490. The van der Waals surface area contributed by atoms with Gasteiger partial charge in [0.15, 0.2) is 34.5 Å². The summed E-state index contributed by atoms with van der Waals surface area (Å²) in [4.78, 5) is 35.9. The molecule has 0 saturated heterocycles. The molecule has 0 fully saturated rings. The van der Waals surface area contributed by atoms with Crippen LogP contribution < -0.4 is 4.74 Å².